The molecule has 0 radical (unpaired) electrons. The average Bonchev–Trinajstić information content (AvgIpc) is 3.16. The van der Waals surface area contributed by atoms with E-state index in [2.05, 4.69) is 57.1 Å². The zero-order valence-electron chi connectivity index (χ0n) is 18.6. The molecule has 0 spiro atoms. The Labute approximate surface area is 188 Å². The molecule has 0 bridgehead atoms. The third kappa shape index (κ3) is 4.12. The number of piperidine rings is 1. The molecular formula is C25H30N6O. The maximum absolute atomic E-state index is 13.2. The Morgan fingerprint density at radius 2 is 1.91 bits per heavy atom. The number of anilines is 1. The molecular weight excluding hydrogens is 400 g/mol. The highest BCUT2D eigenvalue weighted by Crippen LogP contribution is 2.33. The predicted molar refractivity (Wildman–Crippen MR) is 127 cm³/mol. The normalized spacial score (nSPS) is 18.2. The van der Waals surface area contributed by atoms with E-state index in [0.29, 0.717) is 18.4 Å². The number of nitrogens with two attached hydrogens (primary N) is 1. The Kier molecular flexibility index (Phi) is 5.66. The Morgan fingerprint density at radius 3 is 2.62 bits per heavy atom. The summed E-state index contributed by atoms with van der Waals surface area (Å²) in [4.78, 5) is 29.2. The average molecular weight is 431 g/mol. The van der Waals surface area contributed by atoms with E-state index < -0.39 is 0 Å². The van der Waals surface area contributed by atoms with E-state index in [1.807, 2.05) is 4.90 Å². The van der Waals surface area contributed by atoms with Gasteiger partial charge in [-0.1, -0.05) is 24.3 Å². The van der Waals surface area contributed by atoms with Crippen molar-refractivity contribution in [2.75, 3.05) is 31.9 Å². The lowest BCUT2D eigenvalue weighted by Gasteiger charge is -2.35. The maximum Gasteiger partial charge on any atom is 0.226 e. The molecule has 1 saturated heterocycles. The van der Waals surface area contributed by atoms with Crippen molar-refractivity contribution in [3.63, 3.8) is 0 Å². The van der Waals surface area contributed by atoms with Gasteiger partial charge >= 0.3 is 0 Å². The number of likely N-dealkylation sites (tertiary alicyclic amines) is 1. The first-order chi connectivity index (χ1) is 15.6. The Bertz CT molecular complexity index is 1140. The number of aromatic amines is 1. The van der Waals surface area contributed by atoms with Gasteiger partial charge < -0.3 is 15.6 Å². The number of benzene rings is 1. The smallest absolute Gasteiger partial charge is 0.226 e. The first kappa shape index (κ1) is 20.7. The minimum atomic E-state index is 0.124. The van der Waals surface area contributed by atoms with E-state index in [4.69, 9.17) is 5.73 Å². The van der Waals surface area contributed by atoms with E-state index >= 15 is 0 Å². The van der Waals surface area contributed by atoms with Gasteiger partial charge in [-0.25, -0.2) is 9.97 Å². The first-order valence-corrected chi connectivity index (χ1v) is 11.4. The highest BCUT2D eigenvalue weighted by atomic mass is 16.2. The molecule has 4 heterocycles. The monoisotopic (exact) mass is 430 g/mol. The van der Waals surface area contributed by atoms with Gasteiger partial charge in [-0.15, -0.1) is 0 Å². The van der Waals surface area contributed by atoms with Crippen LogP contribution in [0.2, 0.25) is 0 Å². The second kappa shape index (κ2) is 8.74. The lowest BCUT2D eigenvalue weighted by atomic mass is 9.92. The molecule has 7 heteroatoms. The molecule has 5 rings (SSSR count). The van der Waals surface area contributed by atoms with Crippen LogP contribution in [0, 0.1) is 12.8 Å². The van der Waals surface area contributed by atoms with Crippen LogP contribution in [-0.2, 0) is 11.3 Å². The van der Waals surface area contributed by atoms with Gasteiger partial charge in [0.2, 0.25) is 11.9 Å². The summed E-state index contributed by atoms with van der Waals surface area (Å²) in [6.45, 7) is 6.29. The number of amides is 1. The Balaban J connectivity index is 1.18. The Morgan fingerprint density at radius 1 is 1.16 bits per heavy atom. The molecule has 2 aliphatic rings. The van der Waals surface area contributed by atoms with Crippen molar-refractivity contribution in [3.8, 4) is 0 Å². The van der Waals surface area contributed by atoms with Crippen molar-refractivity contribution in [1.82, 2.24) is 24.8 Å². The fourth-order valence-electron chi connectivity index (χ4n) is 5.09. The molecule has 32 heavy (non-hydrogen) atoms. The van der Waals surface area contributed by atoms with Crippen LogP contribution in [0.1, 0.15) is 36.1 Å². The van der Waals surface area contributed by atoms with Crippen LogP contribution in [0.4, 0.5) is 5.95 Å². The lowest BCUT2D eigenvalue weighted by Crippen LogP contribution is -2.43. The standard InChI is InChI=1S/C25H30N6O/c1-17-23(21-4-2-3-5-22(21)29-17)19-8-12-31(13-9-19)24(32)20-6-10-30(11-7-20)16-18-14-27-25(26)28-15-18/h2-5,8,14-15,20,29H,6-7,9-13,16H2,1H3,(H2,26,27,28). The molecule has 166 valence electrons. The summed E-state index contributed by atoms with van der Waals surface area (Å²) < 4.78 is 0. The topological polar surface area (TPSA) is 91.1 Å². The minimum Gasteiger partial charge on any atom is -0.368 e. The third-order valence-corrected chi connectivity index (χ3v) is 6.80. The number of nitrogens with one attached hydrogen (secondary N) is 1. The summed E-state index contributed by atoms with van der Waals surface area (Å²) in [6, 6.07) is 8.45. The second-order valence-electron chi connectivity index (χ2n) is 8.93. The number of fused-ring (bicyclic) bond motifs is 1. The van der Waals surface area contributed by atoms with Gasteiger partial charge in [0.25, 0.3) is 0 Å². The van der Waals surface area contributed by atoms with Crippen LogP contribution in [0.25, 0.3) is 16.5 Å². The van der Waals surface area contributed by atoms with E-state index in [1.54, 1.807) is 12.4 Å². The van der Waals surface area contributed by atoms with Gasteiger partial charge in [-0.3, -0.25) is 9.69 Å². The van der Waals surface area contributed by atoms with E-state index in [-0.39, 0.29) is 5.92 Å². The highest BCUT2D eigenvalue weighted by molar-refractivity contribution is 5.94. The first-order valence-electron chi connectivity index (χ1n) is 11.4. The van der Waals surface area contributed by atoms with Crippen molar-refractivity contribution in [2.45, 2.75) is 32.7 Å². The predicted octanol–water partition coefficient (Wildman–Crippen LogP) is 3.38. The summed E-state index contributed by atoms with van der Waals surface area (Å²) >= 11 is 0. The number of para-hydroxylation sites is 1. The van der Waals surface area contributed by atoms with Crippen LogP contribution >= 0.6 is 0 Å². The quantitative estimate of drug-likeness (QED) is 0.662. The van der Waals surface area contributed by atoms with Gasteiger partial charge in [0.05, 0.1) is 0 Å². The molecule has 2 aliphatic heterocycles. The summed E-state index contributed by atoms with van der Waals surface area (Å²) in [6.07, 6.45) is 8.54. The van der Waals surface area contributed by atoms with E-state index in [9.17, 15) is 4.79 Å². The zero-order chi connectivity index (χ0) is 22.1. The third-order valence-electron chi connectivity index (χ3n) is 6.80. The van der Waals surface area contributed by atoms with Crippen molar-refractivity contribution in [2.24, 2.45) is 5.92 Å². The molecule has 7 nitrogen and oxygen atoms in total. The molecule has 0 unspecified atom stereocenters. The summed E-state index contributed by atoms with van der Waals surface area (Å²) in [5, 5.41) is 1.27. The van der Waals surface area contributed by atoms with Crippen molar-refractivity contribution >= 4 is 28.3 Å². The van der Waals surface area contributed by atoms with Crippen LogP contribution in [-0.4, -0.2) is 56.8 Å². The molecule has 0 atom stereocenters. The van der Waals surface area contributed by atoms with Crippen LogP contribution in [0.3, 0.4) is 0 Å². The SMILES string of the molecule is Cc1[nH]c2ccccc2c1C1=CCN(C(=O)C2CCN(Cc3cnc(N)nc3)CC2)CC1. The molecule has 3 aromatic rings. The number of hydrogen-bond acceptors (Lipinski definition) is 5. The number of carbonyl (C=O) groups excluding carboxylic acids is 1. The maximum atomic E-state index is 13.2. The van der Waals surface area contributed by atoms with E-state index in [1.165, 1.54) is 27.7 Å². The molecule has 0 saturated carbocycles. The lowest BCUT2D eigenvalue weighted by molar-refractivity contribution is -0.136. The van der Waals surface area contributed by atoms with Gasteiger partial charge in [0.1, 0.15) is 0 Å². The van der Waals surface area contributed by atoms with Crippen LogP contribution < -0.4 is 5.73 Å². The van der Waals surface area contributed by atoms with E-state index in [0.717, 1.165) is 51.0 Å². The number of carbonyl (C=O) groups is 1. The molecule has 1 fully saturated rings. The van der Waals surface area contributed by atoms with Crippen molar-refractivity contribution in [3.05, 3.63) is 59.6 Å². The number of nitrogen functional groups attached to an aromatic ring is 1. The fraction of sp³-hybridized carbons (Fsp3) is 0.400. The highest BCUT2D eigenvalue weighted by Gasteiger charge is 2.30. The summed E-state index contributed by atoms with van der Waals surface area (Å²) in [7, 11) is 0. The second-order valence-corrected chi connectivity index (χ2v) is 8.93. The van der Waals surface area contributed by atoms with Gasteiger partial charge in [-0.2, -0.15) is 0 Å². The molecule has 1 amide bonds. The van der Waals surface area contributed by atoms with Crippen LogP contribution in [0.5, 0.6) is 0 Å². The van der Waals surface area contributed by atoms with Gasteiger partial charge in [-0.05, 0) is 50.9 Å². The number of H-pyrrole nitrogens is 1. The molecule has 3 N–H and O–H groups in total. The Hall–Kier alpha value is -3.19. The number of rotatable bonds is 4. The van der Waals surface area contributed by atoms with Crippen molar-refractivity contribution in [1.29, 1.82) is 0 Å². The van der Waals surface area contributed by atoms with Crippen LogP contribution in [0.15, 0.2) is 42.7 Å². The largest absolute Gasteiger partial charge is 0.368 e. The molecule has 0 aliphatic carbocycles. The molecule has 2 aromatic heterocycles. The molecule has 1 aromatic carbocycles. The fourth-order valence-corrected chi connectivity index (χ4v) is 5.09. The summed E-state index contributed by atoms with van der Waals surface area (Å²) in [5.74, 6) is 0.738. The minimum absolute atomic E-state index is 0.124. The number of aromatic nitrogens is 3. The van der Waals surface area contributed by atoms with Gasteiger partial charge in [0.15, 0.2) is 0 Å². The number of hydrogen-bond donors (Lipinski definition) is 2. The summed E-state index contributed by atoms with van der Waals surface area (Å²) in [5.41, 5.74) is 11.7. The number of aryl methyl sites for hydroxylation is 1. The number of nitrogens with zero attached hydrogens (tertiary/aromatic N) is 4. The van der Waals surface area contributed by atoms with Gasteiger partial charge in [0, 0.05) is 65.7 Å². The van der Waals surface area contributed by atoms with Crippen molar-refractivity contribution < 1.29 is 4.79 Å². The zero-order valence-corrected chi connectivity index (χ0v) is 18.6.